The summed E-state index contributed by atoms with van der Waals surface area (Å²) in [4.78, 5) is 0. The van der Waals surface area contributed by atoms with E-state index in [9.17, 15) is 0 Å². The van der Waals surface area contributed by atoms with Gasteiger partial charge in [0.25, 0.3) is 0 Å². The molecule has 0 aliphatic carbocycles. The van der Waals surface area contributed by atoms with Crippen molar-refractivity contribution in [2.24, 2.45) is 0 Å². The summed E-state index contributed by atoms with van der Waals surface area (Å²) in [5, 5.41) is 0. The van der Waals surface area contributed by atoms with Crippen LogP contribution in [0.1, 0.15) is 16.7 Å². The van der Waals surface area contributed by atoms with Crippen LogP contribution in [0.5, 0.6) is 5.75 Å². The third-order valence-corrected chi connectivity index (χ3v) is 2.44. The number of hydrogen-bond donors (Lipinski definition) is 0. The first-order valence-corrected chi connectivity index (χ1v) is 5.49. The quantitative estimate of drug-likeness (QED) is 0.750. The Hall–Kier alpha value is -1.76. The average molecular weight is 212 g/mol. The Kier molecular flexibility index (Phi) is 3.25. The molecule has 0 amide bonds. The molecule has 0 fully saturated rings. The summed E-state index contributed by atoms with van der Waals surface area (Å²) >= 11 is 0. The molecule has 2 rings (SSSR count). The Labute approximate surface area is 96.7 Å². The van der Waals surface area contributed by atoms with Crippen LogP contribution in [-0.2, 0) is 6.61 Å². The molecular weight excluding hydrogens is 196 g/mol. The van der Waals surface area contributed by atoms with E-state index in [0.717, 1.165) is 5.75 Å². The molecule has 0 bridgehead atoms. The first kappa shape index (κ1) is 10.7. The molecule has 0 radical (unpaired) electrons. The van der Waals surface area contributed by atoms with Gasteiger partial charge in [-0.15, -0.1) is 0 Å². The van der Waals surface area contributed by atoms with Gasteiger partial charge >= 0.3 is 0 Å². The fourth-order valence-electron chi connectivity index (χ4n) is 1.76. The highest BCUT2D eigenvalue weighted by Crippen LogP contribution is 2.17. The highest BCUT2D eigenvalue weighted by molar-refractivity contribution is 5.33. The van der Waals surface area contributed by atoms with E-state index < -0.39 is 0 Å². The number of aryl methyl sites for hydroxylation is 2. The fourth-order valence-corrected chi connectivity index (χ4v) is 1.76. The van der Waals surface area contributed by atoms with Crippen LogP contribution in [0.3, 0.4) is 0 Å². The minimum Gasteiger partial charge on any atom is -0.489 e. The SMILES string of the molecule is Cc1cc(C)cc(OCc2ccccc2)c1. The monoisotopic (exact) mass is 212 g/mol. The van der Waals surface area contributed by atoms with E-state index in [-0.39, 0.29) is 0 Å². The Bertz CT molecular complexity index is 440. The van der Waals surface area contributed by atoms with Crippen LogP contribution in [0.15, 0.2) is 48.5 Å². The van der Waals surface area contributed by atoms with Crippen molar-refractivity contribution < 1.29 is 4.74 Å². The fraction of sp³-hybridized carbons (Fsp3) is 0.200. The minimum atomic E-state index is 0.629. The molecule has 0 aliphatic heterocycles. The standard InChI is InChI=1S/C15H16O/c1-12-8-13(2)10-15(9-12)16-11-14-6-4-3-5-7-14/h3-10H,11H2,1-2H3. The molecule has 16 heavy (non-hydrogen) atoms. The van der Waals surface area contributed by atoms with Crippen molar-refractivity contribution in [2.75, 3.05) is 0 Å². The summed E-state index contributed by atoms with van der Waals surface area (Å²) in [7, 11) is 0. The summed E-state index contributed by atoms with van der Waals surface area (Å²) in [6.45, 7) is 4.80. The van der Waals surface area contributed by atoms with Crippen LogP contribution >= 0.6 is 0 Å². The van der Waals surface area contributed by atoms with Gasteiger partial charge in [0.15, 0.2) is 0 Å². The van der Waals surface area contributed by atoms with Gasteiger partial charge in [0.05, 0.1) is 0 Å². The molecule has 0 aromatic heterocycles. The number of benzene rings is 2. The average Bonchev–Trinajstić information content (AvgIpc) is 2.27. The maximum atomic E-state index is 5.75. The van der Waals surface area contributed by atoms with E-state index in [2.05, 4.69) is 44.2 Å². The Morgan fingerprint density at radius 2 is 1.50 bits per heavy atom. The second kappa shape index (κ2) is 4.84. The molecule has 2 aromatic carbocycles. The molecule has 1 nitrogen and oxygen atoms in total. The van der Waals surface area contributed by atoms with Crippen LogP contribution in [0.2, 0.25) is 0 Å². The minimum absolute atomic E-state index is 0.629. The zero-order valence-corrected chi connectivity index (χ0v) is 9.73. The molecule has 1 heteroatoms. The van der Waals surface area contributed by atoms with Gasteiger partial charge in [-0.05, 0) is 42.7 Å². The van der Waals surface area contributed by atoms with Gasteiger partial charge < -0.3 is 4.74 Å². The van der Waals surface area contributed by atoms with Gasteiger partial charge in [-0.1, -0.05) is 36.4 Å². The normalized spacial score (nSPS) is 10.1. The van der Waals surface area contributed by atoms with Crippen molar-refractivity contribution in [3.8, 4) is 5.75 Å². The molecular formula is C15H16O. The summed E-state index contributed by atoms with van der Waals surface area (Å²) in [6.07, 6.45) is 0. The van der Waals surface area contributed by atoms with Crippen molar-refractivity contribution in [3.05, 3.63) is 65.2 Å². The van der Waals surface area contributed by atoms with Gasteiger partial charge in [0.1, 0.15) is 12.4 Å². The Morgan fingerprint density at radius 3 is 2.12 bits per heavy atom. The third kappa shape index (κ3) is 2.86. The topological polar surface area (TPSA) is 9.23 Å². The van der Waals surface area contributed by atoms with Gasteiger partial charge in [-0.3, -0.25) is 0 Å². The maximum Gasteiger partial charge on any atom is 0.120 e. The maximum absolute atomic E-state index is 5.75. The first-order chi connectivity index (χ1) is 7.74. The smallest absolute Gasteiger partial charge is 0.120 e. The number of rotatable bonds is 3. The zero-order chi connectivity index (χ0) is 11.4. The van der Waals surface area contributed by atoms with E-state index >= 15 is 0 Å². The van der Waals surface area contributed by atoms with Crippen molar-refractivity contribution in [1.29, 1.82) is 0 Å². The molecule has 2 aromatic rings. The lowest BCUT2D eigenvalue weighted by molar-refractivity contribution is 0.306. The van der Waals surface area contributed by atoms with E-state index in [0.29, 0.717) is 6.61 Å². The molecule has 0 unspecified atom stereocenters. The molecule has 0 N–H and O–H groups in total. The largest absolute Gasteiger partial charge is 0.489 e. The van der Waals surface area contributed by atoms with Gasteiger partial charge in [-0.25, -0.2) is 0 Å². The van der Waals surface area contributed by atoms with E-state index in [1.807, 2.05) is 18.2 Å². The predicted octanol–water partition coefficient (Wildman–Crippen LogP) is 3.88. The van der Waals surface area contributed by atoms with E-state index in [1.165, 1.54) is 16.7 Å². The third-order valence-electron chi connectivity index (χ3n) is 2.44. The summed E-state index contributed by atoms with van der Waals surface area (Å²) < 4.78 is 5.75. The number of ether oxygens (including phenoxy) is 1. The Morgan fingerprint density at radius 1 is 0.875 bits per heavy atom. The summed E-state index contributed by atoms with van der Waals surface area (Å²) in [5.41, 5.74) is 3.67. The molecule has 0 heterocycles. The van der Waals surface area contributed by atoms with Gasteiger partial charge in [-0.2, -0.15) is 0 Å². The molecule has 0 saturated heterocycles. The lowest BCUT2D eigenvalue weighted by Crippen LogP contribution is -1.95. The van der Waals surface area contributed by atoms with Crippen molar-refractivity contribution in [3.63, 3.8) is 0 Å². The van der Waals surface area contributed by atoms with Gasteiger partial charge in [0, 0.05) is 0 Å². The van der Waals surface area contributed by atoms with Crippen LogP contribution in [0, 0.1) is 13.8 Å². The highest BCUT2D eigenvalue weighted by Gasteiger charge is 1.97. The van der Waals surface area contributed by atoms with E-state index in [4.69, 9.17) is 4.74 Å². The predicted molar refractivity (Wildman–Crippen MR) is 66.7 cm³/mol. The molecule has 82 valence electrons. The lowest BCUT2D eigenvalue weighted by atomic mass is 10.1. The summed E-state index contributed by atoms with van der Waals surface area (Å²) in [5.74, 6) is 0.946. The van der Waals surface area contributed by atoms with E-state index in [1.54, 1.807) is 0 Å². The molecule has 0 saturated carbocycles. The summed E-state index contributed by atoms with van der Waals surface area (Å²) in [6, 6.07) is 16.5. The first-order valence-electron chi connectivity index (χ1n) is 5.49. The Balaban J connectivity index is 2.05. The van der Waals surface area contributed by atoms with Crippen molar-refractivity contribution >= 4 is 0 Å². The zero-order valence-electron chi connectivity index (χ0n) is 9.73. The highest BCUT2D eigenvalue weighted by atomic mass is 16.5. The lowest BCUT2D eigenvalue weighted by Gasteiger charge is -2.08. The van der Waals surface area contributed by atoms with Crippen LogP contribution < -0.4 is 4.74 Å². The van der Waals surface area contributed by atoms with Crippen molar-refractivity contribution in [1.82, 2.24) is 0 Å². The molecule has 0 spiro atoms. The molecule has 0 atom stereocenters. The van der Waals surface area contributed by atoms with Crippen LogP contribution in [-0.4, -0.2) is 0 Å². The second-order valence-corrected chi connectivity index (χ2v) is 4.10. The van der Waals surface area contributed by atoms with Crippen molar-refractivity contribution in [2.45, 2.75) is 20.5 Å². The van der Waals surface area contributed by atoms with Gasteiger partial charge in [0.2, 0.25) is 0 Å². The number of hydrogen-bond acceptors (Lipinski definition) is 1. The molecule has 0 aliphatic rings. The van der Waals surface area contributed by atoms with Crippen LogP contribution in [0.4, 0.5) is 0 Å². The van der Waals surface area contributed by atoms with Crippen LogP contribution in [0.25, 0.3) is 0 Å². The second-order valence-electron chi connectivity index (χ2n) is 4.10.